The Labute approximate surface area is 215 Å². The Bertz CT molecular complexity index is 1390. The van der Waals surface area contributed by atoms with E-state index in [1.165, 1.54) is 13.3 Å². The van der Waals surface area contributed by atoms with Crippen molar-refractivity contribution in [3.8, 4) is 17.6 Å². The maximum absolute atomic E-state index is 13.2. The van der Waals surface area contributed by atoms with E-state index in [-0.39, 0.29) is 6.61 Å². The van der Waals surface area contributed by atoms with Crippen LogP contribution >= 0.6 is 0 Å². The number of carbonyl (C=O) groups is 1. The van der Waals surface area contributed by atoms with E-state index in [1.54, 1.807) is 78.9 Å². The van der Waals surface area contributed by atoms with Crippen LogP contribution in [-0.2, 0) is 17.0 Å². The molecule has 4 aromatic carbocycles. The molecule has 0 bridgehead atoms. The normalized spacial score (nSPS) is 11.1. The second-order valence-electron chi connectivity index (χ2n) is 8.11. The zero-order valence-electron chi connectivity index (χ0n) is 20.2. The van der Waals surface area contributed by atoms with E-state index in [2.05, 4.69) is 16.6 Å². The number of aliphatic hydroxyl groups is 1. The quantitative estimate of drug-likeness (QED) is 0.264. The van der Waals surface area contributed by atoms with Gasteiger partial charge in [-0.1, -0.05) is 78.9 Å². The van der Waals surface area contributed by atoms with Crippen molar-refractivity contribution in [1.82, 2.24) is 5.43 Å². The molecule has 0 spiro atoms. The molecule has 0 atom stereocenters. The molecule has 37 heavy (non-hydrogen) atoms. The second kappa shape index (κ2) is 11.7. The Morgan fingerprint density at radius 2 is 1.57 bits per heavy atom. The number of nitrogens with one attached hydrogen (secondary N) is 1. The maximum atomic E-state index is 13.2. The number of hydrogen-bond donors (Lipinski definition) is 2. The molecule has 184 valence electrons. The molecule has 4 rings (SSSR count). The predicted octanol–water partition coefficient (Wildman–Crippen LogP) is 4.53. The number of benzene rings is 4. The largest absolute Gasteiger partial charge is 0.493 e. The average molecular weight is 492 g/mol. The number of nitriles is 1. The Kier molecular flexibility index (Phi) is 7.94. The second-order valence-corrected chi connectivity index (χ2v) is 8.11. The van der Waals surface area contributed by atoms with Gasteiger partial charge in [-0.2, -0.15) is 10.4 Å². The summed E-state index contributed by atoms with van der Waals surface area (Å²) in [6.45, 7) is 0.209. The molecule has 0 fully saturated rings. The highest BCUT2D eigenvalue weighted by Crippen LogP contribution is 2.30. The maximum Gasteiger partial charge on any atom is 0.281 e. The van der Waals surface area contributed by atoms with E-state index in [1.807, 2.05) is 24.3 Å². The molecule has 0 aliphatic carbocycles. The zero-order chi connectivity index (χ0) is 26.1. The van der Waals surface area contributed by atoms with E-state index in [9.17, 15) is 15.2 Å². The van der Waals surface area contributed by atoms with Gasteiger partial charge < -0.3 is 14.6 Å². The van der Waals surface area contributed by atoms with Gasteiger partial charge in [0, 0.05) is 5.56 Å². The summed E-state index contributed by atoms with van der Waals surface area (Å²) in [6, 6.07) is 32.0. The van der Waals surface area contributed by atoms with E-state index in [0.717, 1.165) is 5.56 Å². The number of nitrogens with zero attached hydrogens (tertiary/aromatic N) is 2. The molecule has 0 aliphatic heterocycles. The van der Waals surface area contributed by atoms with E-state index >= 15 is 0 Å². The highest BCUT2D eigenvalue weighted by atomic mass is 16.5. The fourth-order valence-electron chi connectivity index (χ4n) is 3.83. The van der Waals surface area contributed by atoms with Crippen molar-refractivity contribution >= 4 is 12.1 Å². The fourth-order valence-corrected chi connectivity index (χ4v) is 3.83. The minimum atomic E-state index is -1.92. The van der Waals surface area contributed by atoms with E-state index in [0.29, 0.717) is 33.8 Å². The molecule has 2 N–H and O–H groups in total. The third kappa shape index (κ3) is 5.67. The minimum absolute atomic E-state index is 0.209. The van der Waals surface area contributed by atoms with Crippen molar-refractivity contribution in [2.45, 2.75) is 12.2 Å². The predicted molar refractivity (Wildman–Crippen MR) is 140 cm³/mol. The molecule has 0 aromatic heterocycles. The molecule has 0 radical (unpaired) electrons. The number of hydrazone groups is 1. The summed E-state index contributed by atoms with van der Waals surface area (Å²) in [5, 5.41) is 24.8. The average Bonchev–Trinajstić information content (AvgIpc) is 2.96. The van der Waals surface area contributed by atoms with Gasteiger partial charge in [0.15, 0.2) is 17.1 Å². The third-order valence-corrected chi connectivity index (χ3v) is 5.80. The van der Waals surface area contributed by atoms with Crippen LogP contribution in [0.4, 0.5) is 0 Å². The monoisotopic (exact) mass is 491 g/mol. The first-order valence-corrected chi connectivity index (χ1v) is 11.5. The lowest BCUT2D eigenvalue weighted by Crippen LogP contribution is -2.43. The van der Waals surface area contributed by atoms with Crippen molar-refractivity contribution in [3.05, 3.63) is 131 Å². The van der Waals surface area contributed by atoms with Gasteiger partial charge in [-0.3, -0.25) is 4.79 Å². The molecular formula is C30H25N3O4. The summed E-state index contributed by atoms with van der Waals surface area (Å²) in [5.41, 5.74) is 3.35. The lowest BCUT2D eigenvalue weighted by molar-refractivity contribution is -0.136. The highest BCUT2D eigenvalue weighted by molar-refractivity contribution is 5.91. The summed E-state index contributed by atoms with van der Waals surface area (Å²) in [7, 11) is 1.52. The van der Waals surface area contributed by atoms with Gasteiger partial charge in [-0.05, 0) is 41.0 Å². The third-order valence-electron chi connectivity index (χ3n) is 5.80. The van der Waals surface area contributed by atoms with Crippen LogP contribution in [0.3, 0.4) is 0 Å². The first kappa shape index (κ1) is 25.2. The van der Waals surface area contributed by atoms with Gasteiger partial charge in [-0.25, -0.2) is 5.43 Å². The minimum Gasteiger partial charge on any atom is -0.493 e. The zero-order valence-corrected chi connectivity index (χ0v) is 20.2. The Morgan fingerprint density at radius 3 is 2.19 bits per heavy atom. The standard InChI is InChI=1S/C30H25N3O4/c1-36-28-18-22(16-17-27(28)37-21-24-11-9-8-10-23(24)19-31)20-32-33-29(34)30(35,25-12-4-2-5-13-25)26-14-6-3-7-15-26/h2-18,20,35H,21H2,1H3,(H,33,34)/b32-20+. The van der Waals surface area contributed by atoms with Crippen molar-refractivity contribution in [3.63, 3.8) is 0 Å². The van der Waals surface area contributed by atoms with Crippen molar-refractivity contribution in [1.29, 1.82) is 5.26 Å². The van der Waals surface area contributed by atoms with Crippen LogP contribution in [0.5, 0.6) is 11.5 Å². The number of amides is 1. The van der Waals surface area contributed by atoms with Gasteiger partial charge in [-0.15, -0.1) is 0 Å². The Balaban J connectivity index is 1.49. The van der Waals surface area contributed by atoms with Crippen LogP contribution in [0, 0.1) is 11.3 Å². The lowest BCUT2D eigenvalue weighted by Gasteiger charge is -2.27. The van der Waals surface area contributed by atoms with Crippen LogP contribution in [0.15, 0.2) is 108 Å². The lowest BCUT2D eigenvalue weighted by atomic mass is 9.85. The number of hydrogen-bond acceptors (Lipinski definition) is 6. The van der Waals surface area contributed by atoms with E-state index in [4.69, 9.17) is 9.47 Å². The van der Waals surface area contributed by atoms with Crippen LogP contribution in [-0.4, -0.2) is 24.3 Å². The summed E-state index contributed by atoms with van der Waals surface area (Å²) in [6.07, 6.45) is 1.45. The molecule has 0 aliphatic rings. The van der Waals surface area contributed by atoms with Crippen molar-refractivity contribution in [2.24, 2.45) is 5.10 Å². The summed E-state index contributed by atoms with van der Waals surface area (Å²) in [5.74, 6) is 0.276. The van der Waals surface area contributed by atoms with Crippen LogP contribution in [0.1, 0.15) is 27.8 Å². The van der Waals surface area contributed by atoms with E-state index < -0.39 is 11.5 Å². The van der Waals surface area contributed by atoms with Crippen LogP contribution < -0.4 is 14.9 Å². The smallest absolute Gasteiger partial charge is 0.281 e. The van der Waals surface area contributed by atoms with Crippen molar-refractivity contribution < 1.29 is 19.4 Å². The molecule has 0 saturated carbocycles. The first-order chi connectivity index (χ1) is 18.1. The number of carbonyl (C=O) groups excluding carboxylic acids is 1. The molecule has 7 nitrogen and oxygen atoms in total. The summed E-state index contributed by atoms with van der Waals surface area (Å²) < 4.78 is 11.3. The van der Waals surface area contributed by atoms with Crippen molar-refractivity contribution in [2.75, 3.05) is 7.11 Å². The molecule has 1 amide bonds. The van der Waals surface area contributed by atoms with Crippen LogP contribution in [0.2, 0.25) is 0 Å². The van der Waals surface area contributed by atoms with Crippen LogP contribution in [0.25, 0.3) is 0 Å². The van der Waals surface area contributed by atoms with Gasteiger partial charge >= 0.3 is 0 Å². The SMILES string of the molecule is COc1cc(/C=N/NC(=O)C(O)(c2ccccc2)c2ccccc2)ccc1OCc1ccccc1C#N. The Hall–Kier alpha value is -4.93. The highest BCUT2D eigenvalue weighted by Gasteiger charge is 2.39. The summed E-state index contributed by atoms with van der Waals surface area (Å²) in [4.78, 5) is 13.2. The first-order valence-electron chi connectivity index (χ1n) is 11.5. The molecule has 4 aromatic rings. The fraction of sp³-hybridized carbons (Fsp3) is 0.100. The number of rotatable bonds is 9. The molecule has 0 heterocycles. The topological polar surface area (TPSA) is 104 Å². The summed E-state index contributed by atoms with van der Waals surface area (Å²) >= 11 is 0. The number of ether oxygens (including phenoxy) is 2. The molecule has 0 saturated heterocycles. The molecular weight excluding hydrogens is 466 g/mol. The van der Waals surface area contributed by atoms with Gasteiger partial charge in [0.1, 0.15) is 6.61 Å². The van der Waals surface area contributed by atoms with Gasteiger partial charge in [0.05, 0.1) is 25.0 Å². The van der Waals surface area contributed by atoms with Gasteiger partial charge in [0.25, 0.3) is 5.91 Å². The van der Waals surface area contributed by atoms with Gasteiger partial charge in [0.2, 0.25) is 0 Å². The molecule has 0 unspecified atom stereocenters. The number of methoxy groups -OCH3 is 1. The Morgan fingerprint density at radius 1 is 0.946 bits per heavy atom. The molecule has 7 heteroatoms.